The highest BCUT2D eigenvalue weighted by atomic mass is 15.4. The Balaban J connectivity index is 1.35. The monoisotopic (exact) mass is 393 g/mol. The Hall–Kier alpha value is -2.67. The lowest BCUT2D eigenvalue weighted by Gasteiger charge is -2.36. The molecule has 0 radical (unpaired) electrons. The van der Waals surface area contributed by atoms with Crippen molar-refractivity contribution in [2.24, 2.45) is 0 Å². The molecular formula is C22H31N7. The van der Waals surface area contributed by atoms with Gasteiger partial charge in [0.05, 0.1) is 0 Å². The first kappa shape index (κ1) is 19.6. The zero-order chi connectivity index (χ0) is 20.4. The molecule has 1 aliphatic rings. The van der Waals surface area contributed by atoms with Gasteiger partial charge in [-0.15, -0.1) is 15.3 Å². The molecule has 1 aromatic carbocycles. The third-order valence-corrected chi connectivity index (χ3v) is 5.56. The van der Waals surface area contributed by atoms with E-state index in [9.17, 15) is 0 Å². The van der Waals surface area contributed by atoms with E-state index in [0.29, 0.717) is 0 Å². The molecule has 0 unspecified atom stereocenters. The zero-order valence-electron chi connectivity index (χ0n) is 17.9. The average Bonchev–Trinajstić information content (AvgIpc) is 3.17. The maximum absolute atomic E-state index is 4.81. The molecule has 1 saturated heterocycles. The van der Waals surface area contributed by atoms with Gasteiger partial charge in [0.1, 0.15) is 5.82 Å². The topological polar surface area (TPSA) is 52.8 Å². The first-order valence-electron chi connectivity index (χ1n) is 10.4. The number of nitrogens with zero attached hydrogens (tertiary/aromatic N) is 7. The molecular weight excluding hydrogens is 362 g/mol. The molecule has 0 atom stereocenters. The van der Waals surface area contributed by atoms with Crippen LogP contribution in [0.15, 0.2) is 42.5 Å². The van der Waals surface area contributed by atoms with Crippen LogP contribution in [0.25, 0.3) is 5.65 Å². The van der Waals surface area contributed by atoms with Gasteiger partial charge in [0, 0.05) is 57.4 Å². The van der Waals surface area contributed by atoms with Gasteiger partial charge in [-0.05, 0) is 24.3 Å². The molecule has 0 spiro atoms. The molecule has 0 amide bonds. The molecule has 7 heteroatoms. The van der Waals surface area contributed by atoms with Gasteiger partial charge in [-0.3, -0.25) is 4.90 Å². The van der Waals surface area contributed by atoms with Crippen LogP contribution in [0, 0.1) is 0 Å². The van der Waals surface area contributed by atoms with Gasteiger partial charge in [-0.2, -0.15) is 4.52 Å². The Kier molecular flexibility index (Phi) is 5.41. The van der Waals surface area contributed by atoms with Crippen LogP contribution < -0.4 is 9.80 Å². The first-order chi connectivity index (χ1) is 13.9. The molecule has 0 bridgehead atoms. The van der Waals surface area contributed by atoms with Gasteiger partial charge < -0.3 is 9.80 Å². The third-order valence-electron chi connectivity index (χ3n) is 5.56. The van der Waals surface area contributed by atoms with Crippen molar-refractivity contribution in [1.29, 1.82) is 0 Å². The van der Waals surface area contributed by atoms with Crippen LogP contribution in [0.3, 0.4) is 0 Å². The minimum Gasteiger partial charge on any atom is -0.369 e. The van der Waals surface area contributed by atoms with Crippen molar-refractivity contribution < 1.29 is 0 Å². The van der Waals surface area contributed by atoms with E-state index in [1.165, 1.54) is 5.69 Å². The second kappa shape index (κ2) is 7.99. The normalized spacial score (nSPS) is 15.8. The number of anilines is 2. The summed E-state index contributed by atoms with van der Waals surface area (Å²) in [7, 11) is 2.11. The van der Waals surface area contributed by atoms with Crippen LogP contribution in [0.4, 0.5) is 11.5 Å². The summed E-state index contributed by atoms with van der Waals surface area (Å²) in [5.41, 5.74) is 2.02. The van der Waals surface area contributed by atoms with Crippen molar-refractivity contribution in [2.45, 2.75) is 26.2 Å². The Morgan fingerprint density at radius 2 is 1.66 bits per heavy atom. The fourth-order valence-corrected chi connectivity index (χ4v) is 3.72. The Labute approximate surface area is 172 Å². The smallest absolute Gasteiger partial charge is 0.178 e. The molecule has 3 heterocycles. The van der Waals surface area contributed by atoms with Crippen LogP contribution in [-0.2, 0) is 5.41 Å². The SMILES string of the molecule is CN(CCN1CCN(c2ccccc2)CC1)c1ccc2nnc(C(C)(C)C)n2n1. The van der Waals surface area contributed by atoms with E-state index in [2.05, 4.69) is 83.0 Å². The van der Waals surface area contributed by atoms with Gasteiger partial charge >= 0.3 is 0 Å². The number of hydrogen-bond donors (Lipinski definition) is 0. The summed E-state index contributed by atoms with van der Waals surface area (Å²) in [4.78, 5) is 7.22. The van der Waals surface area contributed by atoms with E-state index < -0.39 is 0 Å². The summed E-state index contributed by atoms with van der Waals surface area (Å²) < 4.78 is 1.88. The van der Waals surface area contributed by atoms with Gasteiger partial charge in [0.15, 0.2) is 11.5 Å². The number of para-hydroxylation sites is 1. The fourth-order valence-electron chi connectivity index (χ4n) is 3.72. The number of benzene rings is 1. The number of piperazine rings is 1. The molecule has 3 aromatic rings. The number of likely N-dealkylation sites (N-methyl/N-ethyl adjacent to an activating group) is 1. The summed E-state index contributed by atoms with van der Waals surface area (Å²) in [6.45, 7) is 12.7. The van der Waals surface area contributed by atoms with Gasteiger partial charge in [-0.1, -0.05) is 39.0 Å². The number of hydrogen-bond acceptors (Lipinski definition) is 6. The molecule has 1 aliphatic heterocycles. The van der Waals surface area contributed by atoms with Gasteiger partial charge in [-0.25, -0.2) is 0 Å². The molecule has 2 aromatic heterocycles. The molecule has 1 fully saturated rings. The second-order valence-electron chi connectivity index (χ2n) is 8.82. The van der Waals surface area contributed by atoms with E-state index in [0.717, 1.165) is 56.6 Å². The highest BCUT2D eigenvalue weighted by Gasteiger charge is 2.22. The van der Waals surface area contributed by atoms with Crippen molar-refractivity contribution in [2.75, 3.05) is 56.1 Å². The van der Waals surface area contributed by atoms with Crippen LogP contribution >= 0.6 is 0 Å². The predicted octanol–water partition coefficient (Wildman–Crippen LogP) is 2.68. The van der Waals surface area contributed by atoms with Gasteiger partial charge in [0.2, 0.25) is 0 Å². The van der Waals surface area contributed by atoms with Crippen molar-refractivity contribution in [1.82, 2.24) is 24.7 Å². The molecule has 29 heavy (non-hydrogen) atoms. The fraction of sp³-hybridized carbons (Fsp3) is 0.500. The maximum atomic E-state index is 4.81. The number of aromatic nitrogens is 4. The van der Waals surface area contributed by atoms with E-state index >= 15 is 0 Å². The van der Waals surface area contributed by atoms with Crippen LogP contribution in [0.2, 0.25) is 0 Å². The zero-order valence-corrected chi connectivity index (χ0v) is 17.9. The Morgan fingerprint density at radius 3 is 2.34 bits per heavy atom. The highest BCUT2D eigenvalue weighted by molar-refractivity contribution is 5.47. The molecule has 0 N–H and O–H groups in total. The van der Waals surface area contributed by atoms with E-state index in [1.807, 2.05) is 16.6 Å². The summed E-state index contributed by atoms with van der Waals surface area (Å²) >= 11 is 0. The molecule has 154 valence electrons. The van der Waals surface area contributed by atoms with Crippen LogP contribution in [-0.4, -0.2) is 71.0 Å². The molecule has 7 nitrogen and oxygen atoms in total. The van der Waals surface area contributed by atoms with Crippen molar-refractivity contribution in [3.63, 3.8) is 0 Å². The van der Waals surface area contributed by atoms with Gasteiger partial charge in [0.25, 0.3) is 0 Å². The Morgan fingerprint density at radius 1 is 0.931 bits per heavy atom. The summed E-state index contributed by atoms with van der Waals surface area (Å²) in [6, 6.07) is 14.7. The van der Waals surface area contributed by atoms with E-state index in [1.54, 1.807) is 0 Å². The predicted molar refractivity (Wildman–Crippen MR) is 118 cm³/mol. The minimum atomic E-state index is -0.0952. The summed E-state index contributed by atoms with van der Waals surface area (Å²) in [6.07, 6.45) is 0. The molecule has 4 rings (SSSR count). The maximum Gasteiger partial charge on any atom is 0.178 e. The highest BCUT2D eigenvalue weighted by Crippen LogP contribution is 2.21. The largest absolute Gasteiger partial charge is 0.369 e. The Bertz CT molecular complexity index is 937. The van der Waals surface area contributed by atoms with E-state index in [-0.39, 0.29) is 5.41 Å². The minimum absolute atomic E-state index is 0.0952. The number of rotatable bonds is 5. The van der Waals surface area contributed by atoms with E-state index in [4.69, 9.17) is 5.10 Å². The van der Waals surface area contributed by atoms with Crippen LogP contribution in [0.5, 0.6) is 0 Å². The lowest BCUT2D eigenvalue weighted by molar-refractivity contribution is 0.263. The second-order valence-corrected chi connectivity index (χ2v) is 8.82. The summed E-state index contributed by atoms with van der Waals surface area (Å²) in [5, 5.41) is 13.4. The van der Waals surface area contributed by atoms with Crippen LogP contribution in [0.1, 0.15) is 26.6 Å². The lowest BCUT2D eigenvalue weighted by atomic mass is 9.96. The standard InChI is InChI=1S/C22H31N7/c1-22(2,3)21-24-23-19-10-11-20(25-29(19)21)26(4)12-13-27-14-16-28(17-15-27)18-8-6-5-7-9-18/h5-11H,12-17H2,1-4H3. The molecule has 0 saturated carbocycles. The molecule has 0 aliphatic carbocycles. The van der Waals surface area contributed by atoms with Crippen molar-refractivity contribution in [3.05, 3.63) is 48.3 Å². The summed E-state index contributed by atoms with van der Waals surface area (Å²) in [5.74, 6) is 1.84. The third kappa shape index (κ3) is 4.34. The van der Waals surface area contributed by atoms with Crippen molar-refractivity contribution in [3.8, 4) is 0 Å². The quantitative estimate of drug-likeness (QED) is 0.664. The van der Waals surface area contributed by atoms with Crippen molar-refractivity contribution >= 4 is 17.2 Å². The lowest BCUT2D eigenvalue weighted by Crippen LogP contribution is -2.48. The first-order valence-corrected chi connectivity index (χ1v) is 10.4. The average molecular weight is 394 g/mol. The number of fused-ring (bicyclic) bond motifs is 1.